The second-order valence-corrected chi connectivity index (χ2v) is 7.47. The van der Waals surface area contributed by atoms with Gasteiger partial charge in [-0.15, -0.1) is 0 Å². The lowest BCUT2D eigenvalue weighted by Gasteiger charge is -2.32. The second-order valence-electron chi connectivity index (χ2n) is 7.47. The zero-order chi connectivity index (χ0) is 18.5. The topological polar surface area (TPSA) is 36.4 Å². The summed E-state index contributed by atoms with van der Waals surface area (Å²) in [6, 6.07) is 22.5. The molecular weight excluding hydrogens is 332 g/mol. The first-order valence-corrected chi connectivity index (χ1v) is 9.77. The highest BCUT2D eigenvalue weighted by atomic mass is 16.3. The summed E-state index contributed by atoms with van der Waals surface area (Å²) >= 11 is 0. The standard InChI is InChI=1S/C24H26N2O/c27-24-10-9-21(23-8-4-5-13-25-23)17-22(24)18-26-14-11-20(12-15-26)16-19-6-2-1-3-7-19/h1-10,13,17,20,27H,11-12,14-16,18H2. The average molecular weight is 358 g/mol. The quantitative estimate of drug-likeness (QED) is 0.704. The van der Waals surface area contributed by atoms with Crippen LogP contribution in [0.25, 0.3) is 11.3 Å². The predicted molar refractivity (Wildman–Crippen MR) is 109 cm³/mol. The number of likely N-dealkylation sites (tertiary alicyclic amines) is 1. The van der Waals surface area contributed by atoms with Crippen LogP contribution in [0.1, 0.15) is 24.0 Å². The van der Waals surface area contributed by atoms with E-state index in [1.54, 1.807) is 12.3 Å². The highest BCUT2D eigenvalue weighted by molar-refractivity contribution is 5.61. The second kappa shape index (κ2) is 8.36. The van der Waals surface area contributed by atoms with E-state index in [2.05, 4.69) is 46.3 Å². The van der Waals surface area contributed by atoms with E-state index in [9.17, 15) is 5.11 Å². The zero-order valence-corrected chi connectivity index (χ0v) is 15.6. The first-order valence-electron chi connectivity index (χ1n) is 9.77. The van der Waals surface area contributed by atoms with E-state index in [4.69, 9.17) is 0 Å². The van der Waals surface area contributed by atoms with E-state index in [1.165, 1.54) is 24.8 Å². The van der Waals surface area contributed by atoms with Crippen LogP contribution in [0, 0.1) is 5.92 Å². The summed E-state index contributed by atoms with van der Waals surface area (Å²) in [5, 5.41) is 10.3. The number of phenolic OH excluding ortho intramolecular Hbond substituents is 1. The number of aromatic nitrogens is 1. The Balaban J connectivity index is 1.37. The molecule has 0 bridgehead atoms. The molecule has 0 amide bonds. The van der Waals surface area contributed by atoms with Gasteiger partial charge in [0, 0.05) is 23.9 Å². The number of hydrogen-bond donors (Lipinski definition) is 1. The summed E-state index contributed by atoms with van der Waals surface area (Å²) in [5.74, 6) is 1.14. The summed E-state index contributed by atoms with van der Waals surface area (Å²) in [6.07, 6.45) is 5.42. The van der Waals surface area contributed by atoms with Crippen LogP contribution in [0.5, 0.6) is 5.75 Å². The Morgan fingerprint density at radius 2 is 1.70 bits per heavy atom. The van der Waals surface area contributed by atoms with Gasteiger partial charge in [-0.05, 0) is 74.2 Å². The molecule has 1 aliphatic heterocycles. The Hall–Kier alpha value is -2.65. The van der Waals surface area contributed by atoms with Gasteiger partial charge in [0.05, 0.1) is 5.69 Å². The number of piperidine rings is 1. The monoisotopic (exact) mass is 358 g/mol. The van der Waals surface area contributed by atoms with Crippen LogP contribution in [0.2, 0.25) is 0 Å². The van der Waals surface area contributed by atoms with Crippen molar-refractivity contribution in [2.24, 2.45) is 5.92 Å². The maximum absolute atomic E-state index is 10.3. The molecule has 4 rings (SSSR count). The van der Waals surface area contributed by atoms with E-state index < -0.39 is 0 Å². The fourth-order valence-electron chi connectivity index (χ4n) is 3.94. The number of aromatic hydroxyl groups is 1. The zero-order valence-electron chi connectivity index (χ0n) is 15.6. The van der Waals surface area contributed by atoms with Gasteiger partial charge in [0.25, 0.3) is 0 Å². The van der Waals surface area contributed by atoms with Crippen molar-refractivity contribution in [1.82, 2.24) is 9.88 Å². The van der Waals surface area contributed by atoms with Gasteiger partial charge in [-0.2, -0.15) is 0 Å². The summed E-state index contributed by atoms with van der Waals surface area (Å²) < 4.78 is 0. The Kier molecular flexibility index (Phi) is 5.50. The Morgan fingerprint density at radius 1 is 0.926 bits per heavy atom. The summed E-state index contributed by atoms with van der Waals surface area (Å²) in [4.78, 5) is 6.88. The highest BCUT2D eigenvalue weighted by Crippen LogP contribution is 2.28. The maximum Gasteiger partial charge on any atom is 0.120 e. The van der Waals surface area contributed by atoms with Gasteiger partial charge in [-0.1, -0.05) is 36.4 Å². The molecule has 27 heavy (non-hydrogen) atoms. The molecule has 1 N–H and O–H groups in total. The summed E-state index contributed by atoms with van der Waals surface area (Å²) in [5.41, 5.74) is 4.43. The molecule has 1 saturated heterocycles. The molecule has 1 aromatic heterocycles. The minimum Gasteiger partial charge on any atom is -0.508 e. The molecule has 0 saturated carbocycles. The van der Waals surface area contributed by atoms with Crippen LogP contribution in [0.15, 0.2) is 72.9 Å². The first kappa shape index (κ1) is 17.7. The number of benzene rings is 2. The molecule has 0 aliphatic carbocycles. The largest absolute Gasteiger partial charge is 0.508 e. The third-order valence-corrected chi connectivity index (χ3v) is 5.51. The predicted octanol–water partition coefficient (Wildman–Crippen LogP) is 4.91. The van der Waals surface area contributed by atoms with Crippen molar-refractivity contribution < 1.29 is 5.11 Å². The van der Waals surface area contributed by atoms with Crippen LogP contribution in [0.3, 0.4) is 0 Å². The first-order chi connectivity index (χ1) is 13.3. The number of pyridine rings is 1. The SMILES string of the molecule is Oc1ccc(-c2ccccn2)cc1CN1CCC(Cc2ccccc2)CC1. The molecule has 3 nitrogen and oxygen atoms in total. The van der Waals surface area contributed by atoms with E-state index in [0.29, 0.717) is 5.75 Å². The third-order valence-electron chi connectivity index (χ3n) is 5.51. The van der Waals surface area contributed by atoms with Crippen molar-refractivity contribution in [2.45, 2.75) is 25.8 Å². The van der Waals surface area contributed by atoms with E-state index in [-0.39, 0.29) is 0 Å². The minimum atomic E-state index is 0.376. The van der Waals surface area contributed by atoms with Crippen LogP contribution >= 0.6 is 0 Å². The summed E-state index contributed by atoms with van der Waals surface area (Å²) in [7, 11) is 0. The molecule has 3 aromatic rings. The molecule has 0 atom stereocenters. The van der Waals surface area contributed by atoms with Crippen molar-refractivity contribution in [1.29, 1.82) is 0 Å². The normalized spacial score (nSPS) is 15.7. The lowest BCUT2D eigenvalue weighted by molar-refractivity contribution is 0.175. The van der Waals surface area contributed by atoms with Crippen LogP contribution < -0.4 is 0 Å². The average Bonchev–Trinajstić information content (AvgIpc) is 2.72. The van der Waals surface area contributed by atoms with E-state index in [1.807, 2.05) is 24.3 Å². The van der Waals surface area contributed by atoms with Gasteiger partial charge in [0.1, 0.15) is 5.75 Å². The number of rotatable bonds is 5. The Bertz CT molecular complexity index is 856. The van der Waals surface area contributed by atoms with Crippen molar-refractivity contribution in [3.63, 3.8) is 0 Å². The molecule has 0 spiro atoms. The molecule has 3 heteroatoms. The Labute approximate surface area is 161 Å². The lowest BCUT2D eigenvalue weighted by Crippen LogP contribution is -2.33. The maximum atomic E-state index is 10.3. The number of hydrogen-bond acceptors (Lipinski definition) is 3. The smallest absolute Gasteiger partial charge is 0.120 e. The fourth-order valence-corrected chi connectivity index (χ4v) is 3.94. The highest BCUT2D eigenvalue weighted by Gasteiger charge is 2.20. The molecule has 1 aliphatic rings. The van der Waals surface area contributed by atoms with E-state index in [0.717, 1.165) is 42.4 Å². The van der Waals surface area contributed by atoms with Gasteiger partial charge in [-0.25, -0.2) is 0 Å². The van der Waals surface area contributed by atoms with Crippen molar-refractivity contribution in [3.05, 3.63) is 84.1 Å². The van der Waals surface area contributed by atoms with Crippen LogP contribution in [-0.4, -0.2) is 28.1 Å². The van der Waals surface area contributed by atoms with Gasteiger partial charge in [-0.3, -0.25) is 9.88 Å². The van der Waals surface area contributed by atoms with E-state index >= 15 is 0 Å². The molecule has 0 radical (unpaired) electrons. The molecule has 2 heterocycles. The van der Waals surface area contributed by atoms with Gasteiger partial charge >= 0.3 is 0 Å². The molecular formula is C24H26N2O. The third kappa shape index (κ3) is 4.55. The van der Waals surface area contributed by atoms with Crippen molar-refractivity contribution >= 4 is 0 Å². The number of nitrogens with zero attached hydrogens (tertiary/aromatic N) is 2. The van der Waals surface area contributed by atoms with Crippen LogP contribution in [-0.2, 0) is 13.0 Å². The van der Waals surface area contributed by atoms with Gasteiger partial charge in [0.15, 0.2) is 0 Å². The molecule has 1 fully saturated rings. The van der Waals surface area contributed by atoms with Crippen molar-refractivity contribution in [2.75, 3.05) is 13.1 Å². The molecule has 0 unspecified atom stereocenters. The molecule has 138 valence electrons. The Morgan fingerprint density at radius 3 is 2.44 bits per heavy atom. The fraction of sp³-hybridized carbons (Fsp3) is 0.292. The van der Waals surface area contributed by atoms with Crippen LogP contribution in [0.4, 0.5) is 0 Å². The summed E-state index contributed by atoms with van der Waals surface area (Å²) in [6.45, 7) is 2.97. The van der Waals surface area contributed by atoms with Gasteiger partial charge < -0.3 is 5.11 Å². The number of phenols is 1. The minimum absolute atomic E-state index is 0.376. The van der Waals surface area contributed by atoms with Crippen molar-refractivity contribution in [3.8, 4) is 17.0 Å². The lowest BCUT2D eigenvalue weighted by atomic mass is 9.90. The van der Waals surface area contributed by atoms with Gasteiger partial charge in [0.2, 0.25) is 0 Å². The molecule has 2 aromatic carbocycles.